The number of piperazine rings is 1. The number of hydrogen-bond acceptors (Lipinski definition) is 4. The van der Waals surface area contributed by atoms with Gasteiger partial charge < -0.3 is 15.5 Å². The van der Waals surface area contributed by atoms with Gasteiger partial charge >= 0.3 is 0 Å². The zero-order valence-corrected chi connectivity index (χ0v) is 12.6. The van der Waals surface area contributed by atoms with Gasteiger partial charge in [-0.15, -0.1) is 11.3 Å². The minimum absolute atomic E-state index is 0.815. The Hall–Kier alpha value is -0.0700. The summed E-state index contributed by atoms with van der Waals surface area (Å²) in [6.45, 7) is 8.02. The van der Waals surface area contributed by atoms with Crippen molar-refractivity contribution < 1.29 is 4.48 Å². The predicted octanol–water partition coefficient (Wildman–Crippen LogP) is 1.36. The zero-order chi connectivity index (χ0) is 12.7. The second kappa shape index (κ2) is 7.50. The molecule has 0 saturated carbocycles. The molecule has 1 saturated heterocycles. The minimum Gasteiger partial charge on any atom is -0.326 e. The second-order valence-electron chi connectivity index (χ2n) is 4.91. The van der Waals surface area contributed by atoms with Crippen molar-refractivity contribution >= 4 is 23.1 Å². The number of nitrogens with zero attached hydrogens (tertiary/aromatic N) is 1. The average molecular weight is 286 g/mol. The largest absolute Gasteiger partial charge is 0.326 e. The Balaban J connectivity index is 1.72. The standard InChI is InChI=1S/C13H24N3S2/c14-3-6-16(7-4-15-5-8-16)9-11-17-12-13-2-1-10-18-13/h1-2,10,15H,3-9,11-12,14H2/q+1. The lowest BCUT2D eigenvalue weighted by molar-refractivity contribution is -0.926. The number of rotatable bonds is 7. The first kappa shape index (κ1) is 14.3. The lowest BCUT2D eigenvalue weighted by atomic mass is 10.2. The molecule has 2 rings (SSSR count). The molecule has 0 radical (unpaired) electrons. The Labute approximate surface area is 118 Å². The van der Waals surface area contributed by atoms with Gasteiger partial charge in [-0.05, 0) is 11.4 Å². The summed E-state index contributed by atoms with van der Waals surface area (Å²) in [5.74, 6) is 2.41. The van der Waals surface area contributed by atoms with Crippen molar-refractivity contribution in [1.29, 1.82) is 0 Å². The van der Waals surface area contributed by atoms with Crippen LogP contribution in [0.4, 0.5) is 0 Å². The fourth-order valence-electron chi connectivity index (χ4n) is 2.53. The van der Waals surface area contributed by atoms with E-state index in [4.69, 9.17) is 5.73 Å². The van der Waals surface area contributed by atoms with E-state index in [0.717, 1.165) is 26.2 Å². The highest BCUT2D eigenvalue weighted by Gasteiger charge is 2.28. The second-order valence-corrected chi connectivity index (χ2v) is 7.04. The molecule has 0 amide bonds. The number of thiophene rings is 1. The lowest BCUT2D eigenvalue weighted by Gasteiger charge is -2.41. The number of hydrogen-bond donors (Lipinski definition) is 2. The van der Waals surface area contributed by atoms with E-state index in [9.17, 15) is 0 Å². The Bertz CT molecular complexity index is 315. The monoisotopic (exact) mass is 286 g/mol. The van der Waals surface area contributed by atoms with Crippen LogP contribution in [0.3, 0.4) is 0 Å². The zero-order valence-electron chi connectivity index (χ0n) is 10.9. The molecule has 0 aliphatic carbocycles. The van der Waals surface area contributed by atoms with E-state index in [0.29, 0.717) is 0 Å². The fourth-order valence-corrected chi connectivity index (χ4v) is 4.50. The molecule has 1 aromatic rings. The van der Waals surface area contributed by atoms with Gasteiger partial charge in [0.15, 0.2) is 0 Å². The van der Waals surface area contributed by atoms with Crippen molar-refractivity contribution in [3.8, 4) is 0 Å². The molecular weight excluding hydrogens is 262 g/mol. The highest BCUT2D eigenvalue weighted by molar-refractivity contribution is 7.98. The maximum Gasteiger partial charge on any atom is 0.0914 e. The van der Waals surface area contributed by atoms with E-state index in [1.807, 2.05) is 11.3 Å². The van der Waals surface area contributed by atoms with E-state index < -0.39 is 0 Å². The van der Waals surface area contributed by atoms with Crippen LogP contribution in [0.25, 0.3) is 0 Å². The molecule has 2 heterocycles. The van der Waals surface area contributed by atoms with E-state index in [1.54, 1.807) is 0 Å². The van der Waals surface area contributed by atoms with E-state index in [2.05, 4.69) is 34.6 Å². The van der Waals surface area contributed by atoms with Crippen LogP contribution in [0.5, 0.6) is 0 Å². The SMILES string of the molecule is NCC[N+]1(CCSCc2cccs2)CCNCC1. The maximum atomic E-state index is 5.78. The topological polar surface area (TPSA) is 38.0 Å². The van der Waals surface area contributed by atoms with Gasteiger partial charge in [0.05, 0.1) is 26.2 Å². The summed E-state index contributed by atoms with van der Waals surface area (Å²) in [5.41, 5.74) is 5.78. The van der Waals surface area contributed by atoms with E-state index >= 15 is 0 Å². The van der Waals surface area contributed by atoms with Gasteiger partial charge in [0.25, 0.3) is 0 Å². The molecule has 18 heavy (non-hydrogen) atoms. The Morgan fingerprint density at radius 1 is 1.33 bits per heavy atom. The van der Waals surface area contributed by atoms with Crippen molar-refractivity contribution in [2.75, 3.05) is 51.6 Å². The molecule has 0 bridgehead atoms. The summed E-state index contributed by atoms with van der Waals surface area (Å²) in [4.78, 5) is 1.49. The molecule has 102 valence electrons. The Kier molecular flexibility index (Phi) is 5.98. The molecule has 1 aliphatic heterocycles. The van der Waals surface area contributed by atoms with Gasteiger partial charge in [-0.3, -0.25) is 0 Å². The summed E-state index contributed by atoms with van der Waals surface area (Å²) in [6, 6.07) is 4.37. The minimum atomic E-state index is 0.815. The number of thioether (sulfide) groups is 1. The van der Waals surface area contributed by atoms with Crippen LogP contribution in [-0.4, -0.2) is 56.0 Å². The molecule has 0 spiro atoms. The molecule has 3 nitrogen and oxygen atoms in total. The van der Waals surface area contributed by atoms with Gasteiger partial charge in [-0.2, -0.15) is 11.8 Å². The normalized spacial score (nSPS) is 18.9. The van der Waals surface area contributed by atoms with Crippen LogP contribution in [0, 0.1) is 0 Å². The molecule has 1 aliphatic rings. The van der Waals surface area contributed by atoms with Crippen molar-refractivity contribution in [3.63, 3.8) is 0 Å². The number of nitrogens with two attached hydrogens (primary N) is 1. The third-order valence-electron chi connectivity index (χ3n) is 3.66. The van der Waals surface area contributed by atoms with Crippen molar-refractivity contribution in [3.05, 3.63) is 22.4 Å². The first-order chi connectivity index (χ1) is 8.85. The van der Waals surface area contributed by atoms with E-state index in [1.165, 1.54) is 40.5 Å². The molecule has 3 N–H and O–H groups in total. The lowest BCUT2D eigenvalue weighted by Crippen LogP contribution is -2.61. The predicted molar refractivity (Wildman–Crippen MR) is 82.1 cm³/mol. The third kappa shape index (κ3) is 4.24. The quantitative estimate of drug-likeness (QED) is 0.587. The first-order valence-electron chi connectivity index (χ1n) is 6.71. The molecule has 0 unspecified atom stereocenters. The van der Waals surface area contributed by atoms with Crippen LogP contribution >= 0.6 is 23.1 Å². The summed E-state index contributed by atoms with van der Waals surface area (Å²) < 4.78 is 1.22. The smallest absolute Gasteiger partial charge is 0.0914 e. The maximum absolute atomic E-state index is 5.78. The molecular formula is C13H24N3S2+. The van der Waals surface area contributed by atoms with Gasteiger partial charge in [0.1, 0.15) is 0 Å². The van der Waals surface area contributed by atoms with Crippen LogP contribution in [0.15, 0.2) is 17.5 Å². The van der Waals surface area contributed by atoms with Gasteiger partial charge in [0, 0.05) is 36.0 Å². The molecule has 1 fully saturated rings. The van der Waals surface area contributed by atoms with Crippen LogP contribution in [-0.2, 0) is 5.75 Å². The average Bonchev–Trinajstić information content (AvgIpc) is 2.89. The molecule has 0 atom stereocenters. The van der Waals surface area contributed by atoms with Gasteiger partial charge in [0.2, 0.25) is 0 Å². The number of nitrogens with one attached hydrogen (secondary N) is 1. The van der Waals surface area contributed by atoms with Crippen LogP contribution in [0.2, 0.25) is 0 Å². The highest BCUT2D eigenvalue weighted by Crippen LogP contribution is 2.18. The van der Waals surface area contributed by atoms with Gasteiger partial charge in [-0.25, -0.2) is 0 Å². The number of quaternary nitrogens is 1. The van der Waals surface area contributed by atoms with Crippen LogP contribution < -0.4 is 11.1 Å². The summed E-state index contributed by atoms with van der Waals surface area (Å²) in [7, 11) is 0. The fraction of sp³-hybridized carbons (Fsp3) is 0.692. The Morgan fingerprint density at radius 2 is 2.17 bits per heavy atom. The summed E-state index contributed by atoms with van der Waals surface area (Å²) in [5, 5.41) is 5.61. The van der Waals surface area contributed by atoms with Crippen LogP contribution in [0.1, 0.15) is 4.88 Å². The van der Waals surface area contributed by atoms with Crippen molar-refractivity contribution in [2.45, 2.75) is 5.75 Å². The molecule has 5 heteroatoms. The third-order valence-corrected chi connectivity index (χ3v) is 5.71. The van der Waals surface area contributed by atoms with Gasteiger partial charge in [-0.1, -0.05) is 6.07 Å². The van der Waals surface area contributed by atoms with Crippen molar-refractivity contribution in [1.82, 2.24) is 5.32 Å². The summed E-state index contributed by atoms with van der Waals surface area (Å²) >= 11 is 3.92. The summed E-state index contributed by atoms with van der Waals surface area (Å²) in [6.07, 6.45) is 0. The molecule has 1 aromatic heterocycles. The molecule has 0 aromatic carbocycles. The Morgan fingerprint density at radius 3 is 2.83 bits per heavy atom. The first-order valence-corrected chi connectivity index (χ1v) is 8.74. The van der Waals surface area contributed by atoms with E-state index in [-0.39, 0.29) is 0 Å². The van der Waals surface area contributed by atoms with Crippen molar-refractivity contribution in [2.24, 2.45) is 5.73 Å². The highest BCUT2D eigenvalue weighted by atomic mass is 32.2.